The number of amides is 1. The number of hydrogen-bond acceptors (Lipinski definition) is 4. The molecule has 20 heavy (non-hydrogen) atoms. The number of hydrogen-bond donors (Lipinski definition) is 1. The van der Waals surface area contributed by atoms with Crippen LogP contribution in [0.4, 0.5) is 5.69 Å². The number of nitrogens with zero attached hydrogens (tertiary/aromatic N) is 1. The minimum absolute atomic E-state index is 0.0617. The molecule has 0 radical (unpaired) electrons. The third-order valence-corrected chi connectivity index (χ3v) is 4.15. The summed E-state index contributed by atoms with van der Waals surface area (Å²) in [7, 11) is 2.01. The topological polar surface area (TPSA) is 41.6 Å². The second-order valence-electron chi connectivity index (χ2n) is 5.27. The van der Waals surface area contributed by atoms with Crippen LogP contribution in [0.3, 0.4) is 0 Å². The van der Waals surface area contributed by atoms with Crippen LogP contribution >= 0.6 is 11.8 Å². The Morgan fingerprint density at radius 2 is 2.20 bits per heavy atom. The number of carbonyl (C=O) groups excluding carboxylic acids is 1. The van der Waals surface area contributed by atoms with E-state index in [0.717, 1.165) is 17.1 Å². The quantitative estimate of drug-likeness (QED) is 0.866. The Morgan fingerprint density at radius 3 is 2.90 bits per heavy atom. The van der Waals surface area contributed by atoms with Gasteiger partial charge in [0.05, 0.1) is 12.3 Å². The molecule has 0 spiro atoms. The van der Waals surface area contributed by atoms with Crippen LogP contribution in [0, 0.1) is 0 Å². The fourth-order valence-corrected chi connectivity index (χ4v) is 2.99. The zero-order chi connectivity index (χ0) is 14.5. The maximum atomic E-state index is 12.3. The molecule has 1 amide bonds. The highest BCUT2D eigenvalue weighted by atomic mass is 32.2. The molecule has 1 fully saturated rings. The fraction of sp³-hybridized carbons (Fsp3) is 0.533. The van der Waals surface area contributed by atoms with Crippen molar-refractivity contribution >= 4 is 23.4 Å². The van der Waals surface area contributed by atoms with Crippen molar-refractivity contribution in [3.63, 3.8) is 0 Å². The van der Waals surface area contributed by atoms with E-state index in [2.05, 4.69) is 24.1 Å². The number of ether oxygens (including phenoxy) is 1. The average molecular weight is 294 g/mol. The van der Waals surface area contributed by atoms with E-state index < -0.39 is 0 Å². The van der Waals surface area contributed by atoms with Gasteiger partial charge in [0.25, 0.3) is 5.91 Å². The van der Waals surface area contributed by atoms with Gasteiger partial charge in [-0.3, -0.25) is 4.79 Å². The molecule has 1 N–H and O–H groups in total. The summed E-state index contributed by atoms with van der Waals surface area (Å²) in [6.45, 7) is 6.41. The summed E-state index contributed by atoms with van der Waals surface area (Å²) in [5.41, 5.74) is 0.869. The molecule has 0 bridgehead atoms. The lowest BCUT2D eigenvalue weighted by molar-refractivity contribution is -0.132. The van der Waals surface area contributed by atoms with Crippen molar-refractivity contribution in [2.24, 2.45) is 0 Å². The highest BCUT2D eigenvalue weighted by Gasteiger charge is 2.25. The third kappa shape index (κ3) is 4.23. The summed E-state index contributed by atoms with van der Waals surface area (Å²) in [6, 6.07) is 7.91. The van der Waals surface area contributed by atoms with Crippen molar-refractivity contribution in [1.29, 1.82) is 0 Å². The van der Waals surface area contributed by atoms with Gasteiger partial charge in [-0.05, 0) is 19.2 Å². The maximum Gasteiger partial charge on any atom is 0.254 e. The molecule has 1 aromatic carbocycles. The molecule has 4 nitrogen and oxygen atoms in total. The zero-order valence-electron chi connectivity index (χ0n) is 12.3. The zero-order valence-corrected chi connectivity index (χ0v) is 13.1. The van der Waals surface area contributed by atoms with Gasteiger partial charge in [0.2, 0.25) is 0 Å². The van der Waals surface area contributed by atoms with Crippen molar-refractivity contribution in [3.05, 3.63) is 24.3 Å². The normalized spacial score (nSPS) is 20.1. The third-order valence-electron chi connectivity index (χ3n) is 3.07. The molecule has 1 saturated heterocycles. The molecule has 1 atom stereocenters. The molecule has 5 heteroatoms. The van der Waals surface area contributed by atoms with Crippen LogP contribution in [0.15, 0.2) is 29.2 Å². The summed E-state index contributed by atoms with van der Waals surface area (Å²) >= 11 is 1.75. The van der Waals surface area contributed by atoms with Crippen LogP contribution in [0.5, 0.6) is 0 Å². The first-order valence-electron chi connectivity index (χ1n) is 6.93. The van der Waals surface area contributed by atoms with Crippen molar-refractivity contribution in [3.8, 4) is 0 Å². The van der Waals surface area contributed by atoms with Gasteiger partial charge in [0.1, 0.15) is 6.10 Å². The van der Waals surface area contributed by atoms with Crippen LogP contribution < -0.4 is 5.32 Å². The van der Waals surface area contributed by atoms with Crippen LogP contribution in [0.1, 0.15) is 13.8 Å². The molecule has 2 rings (SSSR count). The number of benzene rings is 1. The second-order valence-corrected chi connectivity index (χ2v) is 6.89. The van der Waals surface area contributed by atoms with Gasteiger partial charge in [0.15, 0.2) is 0 Å². The van der Waals surface area contributed by atoms with E-state index in [1.54, 1.807) is 11.8 Å². The van der Waals surface area contributed by atoms with Crippen molar-refractivity contribution in [2.45, 2.75) is 30.1 Å². The van der Waals surface area contributed by atoms with E-state index in [1.807, 2.05) is 31.3 Å². The minimum Gasteiger partial charge on any atom is -0.366 e. The molecule has 110 valence electrons. The van der Waals surface area contributed by atoms with Gasteiger partial charge in [-0.15, -0.1) is 11.8 Å². The van der Waals surface area contributed by atoms with E-state index in [-0.39, 0.29) is 12.0 Å². The number of anilines is 1. The largest absolute Gasteiger partial charge is 0.366 e. The monoisotopic (exact) mass is 294 g/mol. The first-order chi connectivity index (χ1) is 9.56. The molecule has 1 aromatic rings. The Kier molecular flexibility index (Phi) is 5.46. The lowest BCUT2D eigenvalue weighted by Gasteiger charge is -2.29. The summed E-state index contributed by atoms with van der Waals surface area (Å²) < 4.78 is 5.54. The summed E-state index contributed by atoms with van der Waals surface area (Å²) in [6.07, 6.45) is -0.383. The van der Waals surface area contributed by atoms with Crippen LogP contribution in [-0.4, -0.2) is 48.9 Å². The maximum absolute atomic E-state index is 12.3. The number of nitrogens with one attached hydrogen (secondary N) is 1. The van der Waals surface area contributed by atoms with Crippen molar-refractivity contribution in [1.82, 2.24) is 4.90 Å². The molecule has 0 saturated carbocycles. The summed E-state index contributed by atoms with van der Waals surface area (Å²) in [4.78, 5) is 15.5. The lowest BCUT2D eigenvalue weighted by atomic mass is 10.2. The molecular formula is C15H22N2O2S. The Hall–Kier alpha value is -1.04. The summed E-state index contributed by atoms with van der Waals surface area (Å²) in [5.74, 6) is -0.0617. The molecule has 1 aliphatic heterocycles. The number of thioether (sulfide) groups is 1. The molecule has 1 aliphatic rings. The van der Waals surface area contributed by atoms with Gasteiger partial charge in [-0.25, -0.2) is 0 Å². The Labute approximate surface area is 124 Å². The Morgan fingerprint density at radius 1 is 1.45 bits per heavy atom. The standard InChI is InChI=1S/C15H22N2O2S/c1-11(2)20-14-7-5-4-6-12(14)16-15(18)13-10-17(3)8-9-19-13/h4-7,11,13H,8-10H2,1-3H3,(H,16,18)/t13-/m1/s1. The molecule has 1 heterocycles. The Balaban J connectivity index is 2.03. The van der Waals surface area contributed by atoms with Gasteiger partial charge < -0.3 is 15.0 Å². The van der Waals surface area contributed by atoms with Crippen molar-refractivity contribution < 1.29 is 9.53 Å². The molecule has 0 aliphatic carbocycles. The van der Waals surface area contributed by atoms with Gasteiger partial charge in [0, 0.05) is 23.2 Å². The Bertz CT molecular complexity index is 465. The lowest BCUT2D eigenvalue weighted by Crippen LogP contribution is -2.46. The van der Waals surface area contributed by atoms with E-state index >= 15 is 0 Å². The van der Waals surface area contributed by atoms with Crippen molar-refractivity contribution in [2.75, 3.05) is 32.1 Å². The van der Waals surface area contributed by atoms with Gasteiger partial charge in [-0.2, -0.15) is 0 Å². The van der Waals surface area contributed by atoms with Crippen LogP contribution in [-0.2, 0) is 9.53 Å². The number of morpholine rings is 1. The van der Waals surface area contributed by atoms with Gasteiger partial charge >= 0.3 is 0 Å². The van der Waals surface area contributed by atoms with E-state index in [9.17, 15) is 4.79 Å². The first-order valence-corrected chi connectivity index (χ1v) is 7.81. The number of carbonyl (C=O) groups is 1. The molecular weight excluding hydrogens is 272 g/mol. The highest BCUT2D eigenvalue weighted by molar-refractivity contribution is 8.00. The molecule has 0 unspecified atom stereocenters. The predicted molar refractivity (Wildman–Crippen MR) is 83.3 cm³/mol. The van der Waals surface area contributed by atoms with E-state index in [4.69, 9.17) is 4.74 Å². The average Bonchev–Trinajstić information content (AvgIpc) is 2.40. The smallest absolute Gasteiger partial charge is 0.254 e. The second kappa shape index (κ2) is 7.11. The van der Waals surface area contributed by atoms with Crippen LogP contribution in [0.25, 0.3) is 0 Å². The SMILES string of the molecule is CC(C)Sc1ccccc1NC(=O)[C@H]1CN(C)CCO1. The van der Waals surface area contributed by atoms with E-state index in [1.165, 1.54) is 0 Å². The fourth-order valence-electron chi connectivity index (χ4n) is 2.08. The van der Waals surface area contributed by atoms with Gasteiger partial charge in [-0.1, -0.05) is 26.0 Å². The summed E-state index contributed by atoms with van der Waals surface area (Å²) in [5, 5.41) is 3.47. The number of likely N-dealkylation sites (N-methyl/N-ethyl adjacent to an activating group) is 1. The molecule has 0 aromatic heterocycles. The van der Waals surface area contributed by atoms with E-state index in [0.29, 0.717) is 18.4 Å². The first kappa shape index (κ1) is 15.4. The number of rotatable bonds is 4. The minimum atomic E-state index is -0.383. The highest BCUT2D eigenvalue weighted by Crippen LogP contribution is 2.30. The predicted octanol–water partition coefficient (Wildman–Crippen LogP) is 2.46. The number of para-hydroxylation sites is 1. The van der Waals surface area contributed by atoms with Crippen LogP contribution in [0.2, 0.25) is 0 Å².